The van der Waals surface area contributed by atoms with Crippen LogP contribution in [0.25, 0.3) is 0 Å². The molecule has 31 heavy (non-hydrogen) atoms. The molecule has 1 aliphatic heterocycles. The van der Waals surface area contributed by atoms with Crippen LogP contribution >= 0.6 is 0 Å². The van der Waals surface area contributed by atoms with Gasteiger partial charge in [0.25, 0.3) is 0 Å². The van der Waals surface area contributed by atoms with Crippen LogP contribution in [0.3, 0.4) is 0 Å². The Morgan fingerprint density at radius 2 is 1.77 bits per heavy atom. The SMILES string of the molecule is [O-][n+]1ccc(C(c2nnnn2Cc2ccccc2)N2CCCN(C3CCC3)CC2)cc1. The third-order valence-corrected chi connectivity index (χ3v) is 6.64. The van der Waals surface area contributed by atoms with Gasteiger partial charge >= 0.3 is 0 Å². The zero-order chi connectivity index (χ0) is 21.0. The van der Waals surface area contributed by atoms with E-state index in [2.05, 4.69) is 37.5 Å². The highest BCUT2D eigenvalue weighted by atomic mass is 16.5. The van der Waals surface area contributed by atoms with E-state index in [1.165, 1.54) is 19.3 Å². The van der Waals surface area contributed by atoms with Gasteiger partial charge in [0.05, 0.1) is 12.6 Å². The van der Waals surface area contributed by atoms with Crippen molar-refractivity contribution in [2.24, 2.45) is 0 Å². The van der Waals surface area contributed by atoms with Crippen LogP contribution in [0.15, 0.2) is 54.9 Å². The highest BCUT2D eigenvalue weighted by Gasteiger charge is 2.32. The van der Waals surface area contributed by atoms with Gasteiger partial charge in [-0.1, -0.05) is 36.8 Å². The molecule has 8 nitrogen and oxygen atoms in total. The van der Waals surface area contributed by atoms with E-state index in [-0.39, 0.29) is 6.04 Å². The fraction of sp³-hybridized carbons (Fsp3) is 0.478. The zero-order valence-electron chi connectivity index (χ0n) is 17.8. The van der Waals surface area contributed by atoms with Crippen LogP contribution < -0.4 is 4.73 Å². The standard InChI is InChI=1S/C23H29N7O/c31-29-14-10-20(11-15-29)22(28-13-5-12-27(16-17-28)21-8-4-9-21)23-24-25-26-30(23)18-19-6-2-1-3-7-19/h1-3,6-7,10-11,14-15,21-22H,4-5,8-9,12-13,16-18H2. The van der Waals surface area contributed by atoms with Crippen LogP contribution in [-0.4, -0.2) is 62.2 Å². The maximum atomic E-state index is 11.7. The largest absolute Gasteiger partial charge is 0.619 e. The maximum Gasteiger partial charge on any atom is 0.180 e. The molecule has 2 aromatic heterocycles. The molecule has 8 heteroatoms. The highest BCUT2D eigenvalue weighted by Crippen LogP contribution is 2.30. The summed E-state index contributed by atoms with van der Waals surface area (Å²) in [6, 6.07) is 14.7. The first-order valence-corrected chi connectivity index (χ1v) is 11.2. The lowest BCUT2D eigenvalue weighted by Gasteiger charge is -2.37. The van der Waals surface area contributed by atoms with Crippen molar-refractivity contribution in [3.63, 3.8) is 0 Å². The molecule has 0 amide bonds. The first-order chi connectivity index (χ1) is 15.3. The fourth-order valence-electron chi connectivity index (χ4n) is 4.74. The van der Waals surface area contributed by atoms with Crippen LogP contribution in [0.4, 0.5) is 0 Å². The summed E-state index contributed by atoms with van der Waals surface area (Å²) in [5.41, 5.74) is 2.21. The molecule has 1 saturated carbocycles. The minimum Gasteiger partial charge on any atom is -0.619 e. The minimum absolute atomic E-state index is 0.0822. The van der Waals surface area contributed by atoms with E-state index in [4.69, 9.17) is 0 Å². The fourth-order valence-corrected chi connectivity index (χ4v) is 4.74. The Morgan fingerprint density at radius 3 is 2.52 bits per heavy atom. The summed E-state index contributed by atoms with van der Waals surface area (Å²) >= 11 is 0. The van der Waals surface area contributed by atoms with Gasteiger partial charge in [-0.3, -0.25) is 9.80 Å². The number of hydrogen-bond acceptors (Lipinski definition) is 6. The zero-order valence-corrected chi connectivity index (χ0v) is 17.8. The number of benzene rings is 1. The molecule has 2 fully saturated rings. The van der Waals surface area contributed by atoms with E-state index in [1.807, 2.05) is 35.0 Å². The Kier molecular flexibility index (Phi) is 5.90. The van der Waals surface area contributed by atoms with Crippen molar-refractivity contribution < 1.29 is 4.73 Å². The molecule has 1 atom stereocenters. The Hall–Kier alpha value is -2.84. The molecule has 2 aliphatic rings. The van der Waals surface area contributed by atoms with Crippen molar-refractivity contribution in [1.82, 2.24) is 30.0 Å². The lowest BCUT2D eigenvalue weighted by atomic mass is 9.91. The van der Waals surface area contributed by atoms with Gasteiger partial charge in [-0.25, -0.2) is 4.68 Å². The quantitative estimate of drug-likeness (QED) is 0.449. The third kappa shape index (κ3) is 4.45. The molecule has 162 valence electrons. The van der Waals surface area contributed by atoms with Crippen LogP contribution in [-0.2, 0) is 6.54 Å². The van der Waals surface area contributed by atoms with Gasteiger partial charge in [0.1, 0.15) is 0 Å². The minimum atomic E-state index is -0.0822. The topological polar surface area (TPSA) is 77.0 Å². The predicted octanol–water partition coefficient (Wildman–Crippen LogP) is 2.00. The summed E-state index contributed by atoms with van der Waals surface area (Å²) in [7, 11) is 0. The van der Waals surface area contributed by atoms with Gasteiger partial charge in [-0.2, -0.15) is 4.73 Å². The summed E-state index contributed by atoms with van der Waals surface area (Å²) in [4.78, 5) is 5.14. The lowest BCUT2D eigenvalue weighted by molar-refractivity contribution is -0.605. The Morgan fingerprint density at radius 1 is 0.968 bits per heavy atom. The second-order valence-electron chi connectivity index (χ2n) is 8.58. The second-order valence-corrected chi connectivity index (χ2v) is 8.58. The molecule has 0 spiro atoms. The van der Waals surface area contributed by atoms with Crippen molar-refractivity contribution >= 4 is 0 Å². The number of tetrazole rings is 1. The van der Waals surface area contributed by atoms with Gasteiger partial charge in [-0.15, -0.1) is 5.10 Å². The third-order valence-electron chi connectivity index (χ3n) is 6.64. The summed E-state index contributed by atoms with van der Waals surface area (Å²) < 4.78 is 2.72. The van der Waals surface area contributed by atoms with Crippen molar-refractivity contribution in [2.45, 2.75) is 44.3 Å². The van der Waals surface area contributed by atoms with Crippen LogP contribution in [0.1, 0.15) is 48.7 Å². The van der Waals surface area contributed by atoms with E-state index in [9.17, 15) is 5.21 Å². The van der Waals surface area contributed by atoms with Gasteiger partial charge in [0.2, 0.25) is 0 Å². The summed E-state index contributed by atoms with van der Waals surface area (Å²) in [5.74, 6) is 0.824. The van der Waals surface area contributed by atoms with Crippen LogP contribution in [0, 0.1) is 5.21 Å². The van der Waals surface area contributed by atoms with Gasteiger partial charge in [0.15, 0.2) is 18.2 Å². The van der Waals surface area contributed by atoms with E-state index < -0.39 is 0 Å². The molecular formula is C23H29N7O. The molecule has 5 rings (SSSR count). The van der Waals surface area contributed by atoms with E-state index in [0.29, 0.717) is 6.54 Å². The highest BCUT2D eigenvalue weighted by molar-refractivity contribution is 5.22. The van der Waals surface area contributed by atoms with E-state index in [1.54, 1.807) is 12.4 Å². The average Bonchev–Trinajstić information content (AvgIpc) is 3.06. The molecule has 0 bridgehead atoms. The molecule has 0 N–H and O–H groups in total. The molecule has 1 aliphatic carbocycles. The molecule has 3 aromatic rings. The van der Waals surface area contributed by atoms with Crippen molar-refractivity contribution in [1.29, 1.82) is 0 Å². The van der Waals surface area contributed by atoms with Crippen molar-refractivity contribution in [2.75, 3.05) is 26.2 Å². The van der Waals surface area contributed by atoms with E-state index in [0.717, 1.165) is 60.3 Å². The molecule has 3 heterocycles. The smallest absolute Gasteiger partial charge is 0.180 e. The number of nitrogens with zero attached hydrogens (tertiary/aromatic N) is 7. The summed E-state index contributed by atoms with van der Waals surface area (Å²) in [6.45, 7) is 4.79. The number of rotatable bonds is 6. The van der Waals surface area contributed by atoms with Gasteiger partial charge < -0.3 is 5.21 Å². The Balaban J connectivity index is 1.44. The Labute approximate surface area is 182 Å². The lowest BCUT2D eigenvalue weighted by Crippen LogP contribution is -2.42. The van der Waals surface area contributed by atoms with Crippen molar-refractivity contribution in [3.8, 4) is 0 Å². The normalized spacial score (nSPS) is 19.6. The number of pyridine rings is 1. The summed E-state index contributed by atoms with van der Waals surface area (Å²) in [6.07, 6.45) is 8.28. The summed E-state index contributed by atoms with van der Waals surface area (Å²) in [5, 5.41) is 24.5. The number of hydrogen-bond donors (Lipinski definition) is 0. The first kappa shape index (κ1) is 20.1. The maximum absolute atomic E-state index is 11.7. The van der Waals surface area contributed by atoms with Crippen molar-refractivity contribution in [3.05, 3.63) is 77.0 Å². The second kappa shape index (κ2) is 9.11. The molecule has 1 saturated heterocycles. The van der Waals surface area contributed by atoms with Crippen LogP contribution in [0.5, 0.6) is 0 Å². The van der Waals surface area contributed by atoms with E-state index >= 15 is 0 Å². The molecule has 0 radical (unpaired) electrons. The molecule has 1 aromatic carbocycles. The molecular weight excluding hydrogens is 390 g/mol. The molecule has 1 unspecified atom stereocenters. The van der Waals surface area contributed by atoms with Crippen LogP contribution in [0.2, 0.25) is 0 Å². The number of aromatic nitrogens is 5. The van der Waals surface area contributed by atoms with Gasteiger partial charge in [-0.05, 0) is 47.4 Å². The monoisotopic (exact) mass is 419 g/mol. The Bertz CT molecular complexity index is 971. The van der Waals surface area contributed by atoms with Gasteiger partial charge in [0, 0.05) is 37.8 Å². The first-order valence-electron chi connectivity index (χ1n) is 11.2. The average molecular weight is 420 g/mol. The predicted molar refractivity (Wildman–Crippen MR) is 116 cm³/mol.